The molecule has 1 saturated heterocycles. The zero-order valence-electron chi connectivity index (χ0n) is 11.6. The first-order valence-electron chi connectivity index (χ1n) is 6.62. The molecule has 1 N–H and O–H groups in total. The number of hydrogen-bond acceptors (Lipinski definition) is 3. The molecule has 1 fully saturated rings. The first kappa shape index (κ1) is 16.2. The van der Waals surface area contributed by atoms with E-state index in [1.165, 1.54) is 0 Å². The molecule has 2 atom stereocenters. The minimum absolute atomic E-state index is 0.0196. The van der Waals surface area contributed by atoms with Crippen LogP contribution in [0.15, 0.2) is 16.6 Å². The van der Waals surface area contributed by atoms with Gasteiger partial charge in [0.25, 0.3) is 0 Å². The fourth-order valence-electron chi connectivity index (χ4n) is 2.62. The molecule has 6 heteroatoms. The van der Waals surface area contributed by atoms with Gasteiger partial charge in [-0.1, -0.05) is 17.7 Å². The molecular weight excluding hydrogens is 347 g/mol. The summed E-state index contributed by atoms with van der Waals surface area (Å²) in [5.41, 5.74) is 0.255. The molecular formula is C14H19BrClFN2O. The fourth-order valence-corrected chi connectivity index (χ4v) is 3.10. The van der Waals surface area contributed by atoms with Crippen LogP contribution in [-0.4, -0.2) is 54.7 Å². The SMILES string of the molecule is CN1CCCN(C)C(C(O)c2ccc(Br)c(Cl)c2F)C1. The van der Waals surface area contributed by atoms with Crippen molar-refractivity contribution >= 4 is 27.5 Å². The Morgan fingerprint density at radius 3 is 2.80 bits per heavy atom. The number of benzene rings is 1. The highest BCUT2D eigenvalue weighted by Crippen LogP contribution is 2.32. The number of nitrogens with zero attached hydrogens (tertiary/aromatic N) is 2. The Morgan fingerprint density at radius 2 is 2.10 bits per heavy atom. The number of hydrogen-bond donors (Lipinski definition) is 1. The maximum atomic E-state index is 14.2. The molecule has 0 aliphatic carbocycles. The Labute approximate surface area is 132 Å². The molecule has 1 aliphatic heterocycles. The number of halogens is 3. The summed E-state index contributed by atoms with van der Waals surface area (Å²) in [6, 6.07) is 3.12. The molecule has 1 heterocycles. The minimum Gasteiger partial charge on any atom is -0.387 e. The summed E-state index contributed by atoms with van der Waals surface area (Å²) < 4.78 is 14.7. The van der Waals surface area contributed by atoms with E-state index in [1.807, 2.05) is 14.1 Å². The highest BCUT2D eigenvalue weighted by molar-refractivity contribution is 9.10. The van der Waals surface area contributed by atoms with Crippen LogP contribution in [0.4, 0.5) is 4.39 Å². The van der Waals surface area contributed by atoms with Crippen molar-refractivity contribution in [2.45, 2.75) is 18.6 Å². The summed E-state index contributed by atoms with van der Waals surface area (Å²) in [5, 5.41) is 10.6. The second kappa shape index (κ2) is 6.71. The maximum Gasteiger partial charge on any atom is 0.148 e. The van der Waals surface area contributed by atoms with Gasteiger partial charge in [0.15, 0.2) is 0 Å². The topological polar surface area (TPSA) is 26.7 Å². The van der Waals surface area contributed by atoms with Gasteiger partial charge in [-0.15, -0.1) is 0 Å². The smallest absolute Gasteiger partial charge is 0.148 e. The molecule has 0 radical (unpaired) electrons. The molecule has 2 rings (SSSR count). The van der Waals surface area contributed by atoms with Gasteiger partial charge in [-0.3, -0.25) is 4.90 Å². The van der Waals surface area contributed by atoms with Crippen molar-refractivity contribution in [2.75, 3.05) is 33.7 Å². The van der Waals surface area contributed by atoms with E-state index in [4.69, 9.17) is 11.6 Å². The van der Waals surface area contributed by atoms with Crippen LogP contribution in [0.2, 0.25) is 5.02 Å². The van der Waals surface area contributed by atoms with Gasteiger partial charge in [-0.05, 0) is 55.6 Å². The third-order valence-electron chi connectivity index (χ3n) is 3.86. The lowest BCUT2D eigenvalue weighted by molar-refractivity contribution is 0.0548. The third kappa shape index (κ3) is 3.34. The normalized spacial score (nSPS) is 23.6. The number of rotatable bonds is 2. The third-order valence-corrected chi connectivity index (χ3v) is 5.12. The Bertz CT molecular complexity index is 488. The van der Waals surface area contributed by atoms with Crippen LogP contribution in [0.5, 0.6) is 0 Å². The monoisotopic (exact) mass is 364 g/mol. The number of aliphatic hydroxyl groups excluding tert-OH is 1. The second-order valence-electron chi connectivity index (χ2n) is 5.37. The lowest BCUT2D eigenvalue weighted by Crippen LogP contribution is -2.42. The molecule has 3 nitrogen and oxygen atoms in total. The summed E-state index contributed by atoms with van der Waals surface area (Å²) in [7, 11) is 3.98. The number of likely N-dealkylation sites (N-methyl/N-ethyl adjacent to an activating group) is 2. The molecule has 1 aromatic carbocycles. The predicted molar refractivity (Wildman–Crippen MR) is 82.6 cm³/mol. The Kier molecular flexibility index (Phi) is 5.42. The quantitative estimate of drug-likeness (QED) is 0.816. The van der Waals surface area contributed by atoms with Crippen LogP contribution in [-0.2, 0) is 0 Å². The zero-order chi connectivity index (χ0) is 14.9. The minimum atomic E-state index is -0.897. The Morgan fingerprint density at radius 1 is 1.40 bits per heavy atom. The molecule has 0 amide bonds. The molecule has 112 valence electrons. The summed E-state index contributed by atoms with van der Waals surface area (Å²) in [6.07, 6.45) is 0.144. The van der Waals surface area contributed by atoms with E-state index in [2.05, 4.69) is 25.7 Å². The van der Waals surface area contributed by atoms with Gasteiger partial charge in [0, 0.05) is 16.6 Å². The van der Waals surface area contributed by atoms with Gasteiger partial charge in [-0.25, -0.2) is 4.39 Å². The van der Waals surface area contributed by atoms with Crippen molar-refractivity contribution in [1.29, 1.82) is 0 Å². The molecule has 0 spiro atoms. The molecule has 1 aliphatic rings. The zero-order valence-corrected chi connectivity index (χ0v) is 14.0. The largest absolute Gasteiger partial charge is 0.387 e. The summed E-state index contributed by atoms with van der Waals surface area (Å²) >= 11 is 9.09. The van der Waals surface area contributed by atoms with Gasteiger partial charge in [0.1, 0.15) is 5.82 Å². The molecule has 1 aromatic rings. The predicted octanol–water partition coefficient (Wildman–Crippen LogP) is 2.91. The molecule has 20 heavy (non-hydrogen) atoms. The Balaban J connectivity index is 2.29. The van der Waals surface area contributed by atoms with E-state index in [0.717, 1.165) is 19.5 Å². The summed E-state index contributed by atoms with van der Waals surface area (Å²) in [6.45, 7) is 2.57. The second-order valence-corrected chi connectivity index (χ2v) is 6.61. The van der Waals surface area contributed by atoms with Crippen LogP contribution in [0.3, 0.4) is 0 Å². The average molecular weight is 366 g/mol. The lowest BCUT2D eigenvalue weighted by atomic mass is 10.0. The lowest BCUT2D eigenvalue weighted by Gasteiger charge is -2.32. The first-order chi connectivity index (χ1) is 9.41. The van der Waals surface area contributed by atoms with Crippen LogP contribution in [0, 0.1) is 5.82 Å². The van der Waals surface area contributed by atoms with Gasteiger partial charge in [-0.2, -0.15) is 0 Å². The highest BCUT2D eigenvalue weighted by atomic mass is 79.9. The van der Waals surface area contributed by atoms with Crippen molar-refractivity contribution in [3.05, 3.63) is 33.0 Å². The van der Waals surface area contributed by atoms with Gasteiger partial charge >= 0.3 is 0 Å². The van der Waals surface area contributed by atoms with Crippen LogP contribution in [0.1, 0.15) is 18.1 Å². The molecule has 0 saturated carbocycles. The van der Waals surface area contributed by atoms with Gasteiger partial charge in [0.05, 0.1) is 17.2 Å². The summed E-state index contributed by atoms with van der Waals surface area (Å²) in [5.74, 6) is -0.547. The average Bonchev–Trinajstić information content (AvgIpc) is 2.57. The van der Waals surface area contributed by atoms with E-state index < -0.39 is 11.9 Å². The fraction of sp³-hybridized carbons (Fsp3) is 0.571. The molecule has 0 bridgehead atoms. The highest BCUT2D eigenvalue weighted by Gasteiger charge is 2.30. The van der Waals surface area contributed by atoms with Crippen molar-refractivity contribution < 1.29 is 9.50 Å². The van der Waals surface area contributed by atoms with Gasteiger partial charge < -0.3 is 10.0 Å². The van der Waals surface area contributed by atoms with E-state index in [1.54, 1.807) is 12.1 Å². The Hall–Kier alpha value is -0.200. The van der Waals surface area contributed by atoms with Crippen LogP contribution in [0.25, 0.3) is 0 Å². The maximum absolute atomic E-state index is 14.2. The van der Waals surface area contributed by atoms with Crippen molar-refractivity contribution in [2.24, 2.45) is 0 Å². The van der Waals surface area contributed by atoms with E-state index >= 15 is 0 Å². The standard InChI is InChI=1S/C14H19BrClFN2O/c1-18-6-3-7-19(2)11(8-18)14(20)9-4-5-10(15)12(16)13(9)17/h4-5,11,14,20H,3,6-8H2,1-2H3. The molecule has 2 unspecified atom stereocenters. The van der Waals surface area contributed by atoms with Crippen LogP contribution >= 0.6 is 27.5 Å². The van der Waals surface area contributed by atoms with E-state index in [0.29, 0.717) is 11.0 Å². The van der Waals surface area contributed by atoms with Crippen LogP contribution < -0.4 is 0 Å². The van der Waals surface area contributed by atoms with Crippen molar-refractivity contribution in [3.63, 3.8) is 0 Å². The van der Waals surface area contributed by atoms with Gasteiger partial charge in [0.2, 0.25) is 0 Å². The van der Waals surface area contributed by atoms with E-state index in [-0.39, 0.29) is 16.6 Å². The van der Waals surface area contributed by atoms with Crippen molar-refractivity contribution in [1.82, 2.24) is 9.80 Å². The summed E-state index contributed by atoms with van der Waals surface area (Å²) in [4.78, 5) is 4.25. The first-order valence-corrected chi connectivity index (χ1v) is 7.79. The number of aliphatic hydroxyl groups is 1. The molecule has 0 aromatic heterocycles. The van der Waals surface area contributed by atoms with E-state index in [9.17, 15) is 9.50 Å². The van der Waals surface area contributed by atoms with Crippen molar-refractivity contribution in [3.8, 4) is 0 Å².